The Kier molecular flexibility index (Phi) is 3.80. The number of anilines is 1. The van der Waals surface area contributed by atoms with Crippen LogP contribution < -0.4 is 10.1 Å². The molecule has 1 aromatic carbocycles. The van der Waals surface area contributed by atoms with Crippen molar-refractivity contribution in [1.82, 2.24) is 15.2 Å². The Morgan fingerprint density at radius 3 is 2.85 bits per heavy atom. The molecule has 0 saturated heterocycles. The lowest BCUT2D eigenvalue weighted by Gasteiger charge is -2.02. The molecule has 0 aliphatic heterocycles. The van der Waals surface area contributed by atoms with Crippen molar-refractivity contribution >= 4 is 29.1 Å². The Morgan fingerprint density at radius 2 is 2.30 bits per heavy atom. The first-order valence-corrected chi connectivity index (χ1v) is 5.60. The number of H-pyrrole nitrogens is 1. The Labute approximate surface area is 117 Å². The molecule has 1 heterocycles. The van der Waals surface area contributed by atoms with Crippen LogP contribution in [0.4, 0.5) is 11.6 Å². The molecule has 2 aromatic rings. The second kappa shape index (κ2) is 5.53. The fourth-order valence-corrected chi connectivity index (χ4v) is 1.62. The Hall–Kier alpha value is -2.68. The number of hydrogen-bond acceptors (Lipinski definition) is 6. The van der Waals surface area contributed by atoms with Gasteiger partial charge in [0.15, 0.2) is 0 Å². The molecular weight excluding hydrogens is 290 g/mol. The summed E-state index contributed by atoms with van der Waals surface area (Å²) in [6.07, 6.45) is 0. The van der Waals surface area contributed by atoms with Gasteiger partial charge < -0.3 is 4.74 Å². The van der Waals surface area contributed by atoms with Crippen LogP contribution in [-0.4, -0.2) is 33.1 Å². The first-order chi connectivity index (χ1) is 9.51. The van der Waals surface area contributed by atoms with E-state index in [2.05, 4.69) is 20.5 Å². The summed E-state index contributed by atoms with van der Waals surface area (Å²) in [5.74, 6) is -0.457. The lowest BCUT2D eigenvalue weighted by atomic mass is 10.2. The standard InChI is InChI=1S/C10H8ClN5O4/c1-20-10-13-9(14-15-10)12-8(17)5-2-3-7(16(18)19)6(11)4-5/h2-4H,1H3,(H2,12,13,14,15,17). The lowest BCUT2D eigenvalue weighted by molar-refractivity contribution is -0.384. The van der Waals surface area contributed by atoms with Crippen LogP contribution in [0.1, 0.15) is 10.4 Å². The number of nitro groups is 1. The molecule has 0 bridgehead atoms. The van der Waals surface area contributed by atoms with Crippen molar-refractivity contribution in [2.45, 2.75) is 0 Å². The smallest absolute Gasteiger partial charge is 0.336 e. The van der Waals surface area contributed by atoms with Gasteiger partial charge in [0.25, 0.3) is 11.6 Å². The van der Waals surface area contributed by atoms with Crippen molar-refractivity contribution < 1.29 is 14.5 Å². The Bertz CT molecular complexity index is 671. The molecule has 10 heteroatoms. The van der Waals surface area contributed by atoms with Crippen LogP contribution in [0.3, 0.4) is 0 Å². The van der Waals surface area contributed by atoms with Gasteiger partial charge in [-0.25, -0.2) is 5.10 Å². The number of halogens is 1. The van der Waals surface area contributed by atoms with Gasteiger partial charge in [0, 0.05) is 11.6 Å². The van der Waals surface area contributed by atoms with Crippen LogP contribution in [-0.2, 0) is 0 Å². The van der Waals surface area contributed by atoms with Crippen LogP contribution in [0.5, 0.6) is 6.01 Å². The third-order valence-electron chi connectivity index (χ3n) is 2.29. The normalized spacial score (nSPS) is 10.1. The molecule has 0 radical (unpaired) electrons. The van der Waals surface area contributed by atoms with Crippen molar-refractivity contribution in [3.8, 4) is 6.01 Å². The van der Waals surface area contributed by atoms with Gasteiger partial charge in [-0.15, -0.1) is 5.10 Å². The van der Waals surface area contributed by atoms with Crippen LogP contribution in [0.15, 0.2) is 18.2 Å². The molecule has 0 fully saturated rings. The largest absolute Gasteiger partial charge is 0.466 e. The third-order valence-corrected chi connectivity index (χ3v) is 2.59. The highest BCUT2D eigenvalue weighted by molar-refractivity contribution is 6.33. The molecule has 0 aliphatic carbocycles. The zero-order valence-electron chi connectivity index (χ0n) is 10.1. The second-order valence-electron chi connectivity index (χ2n) is 3.55. The summed E-state index contributed by atoms with van der Waals surface area (Å²) < 4.78 is 4.74. The minimum Gasteiger partial charge on any atom is -0.466 e. The summed E-state index contributed by atoms with van der Waals surface area (Å²) in [7, 11) is 1.38. The number of carbonyl (C=O) groups is 1. The predicted molar refractivity (Wildman–Crippen MR) is 69.0 cm³/mol. The van der Waals surface area contributed by atoms with E-state index in [9.17, 15) is 14.9 Å². The molecular formula is C10H8ClN5O4. The number of nitrogens with one attached hydrogen (secondary N) is 2. The highest BCUT2D eigenvalue weighted by Crippen LogP contribution is 2.25. The maximum absolute atomic E-state index is 11.9. The molecule has 1 aromatic heterocycles. The van der Waals surface area contributed by atoms with Crippen molar-refractivity contribution in [2.75, 3.05) is 12.4 Å². The van der Waals surface area contributed by atoms with Crippen LogP contribution >= 0.6 is 11.6 Å². The SMILES string of the molecule is COc1n[nH]c(NC(=O)c2ccc([N+](=O)[O-])c(Cl)c2)n1. The zero-order valence-corrected chi connectivity index (χ0v) is 10.8. The summed E-state index contributed by atoms with van der Waals surface area (Å²) in [5, 5.41) is 19.0. The fraction of sp³-hybridized carbons (Fsp3) is 0.100. The van der Waals surface area contributed by atoms with E-state index in [4.69, 9.17) is 16.3 Å². The van der Waals surface area contributed by atoms with E-state index in [1.165, 1.54) is 19.2 Å². The van der Waals surface area contributed by atoms with Gasteiger partial charge in [0.05, 0.1) is 12.0 Å². The summed E-state index contributed by atoms with van der Waals surface area (Å²) >= 11 is 5.72. The molecule has 9 nitrogen and oxygen atoms in total. The number of aromatic amines is 1. The average molecular weight is 298 g/mol. The van der Waals surface area contributed by atoms with E-state index in [1.54, 1.807) is 0 Å². The molecule has 20 heavy (non-hydrogen) atoms. The second-order valence-corrected chi connectivity index (χ2v) is 3.96. The highest BCUT2D eigenvalue weighted by Gasteiger charge is 2.16. The topological polar surface area (TPSA) is 123 Å². The third kappa shape index (κ3) is 2.83. The van der Waals surface area contributed by atoms with Gasteiger partial charge in [-0.05, 0) is 12.1 Å². The maximum Gasteiger partial charge on any atom is 0.336 e. The van der Waals surface area contributed by atoms with E-state index < -0.39 is 10.8 Å². The molecule has 104 valence electrons. The average Bonchev–Trinajstić information content (AvgIpc) is 2.85. The lowest BCUT2D eigenvalue weighted by Crippen LogP contribution is -2.13. The molecule has 0 unspecified atom stereocenters. The number of rotatable bonds is 4. The number of methoxy groups -OCH3 is 1. The van der Waals surface area contributed by atoms with Crippen molar-refractivity contribution in [2.24, 2.45) is 0 Å². The number of nitrogens with zero attached hydrogens (tertiary/aromatic N) is 3. The first kappa shape index (κ1) is 13.7. The van der Waals surface area contributed by atoms with Crippen molar-refractivity contribution in [3.05, 3.63) is 38.9 Å². The number of ether oxygens (including phenoxy) is 1. The van der Waals surface area contributed by atoms with Gasteiger partial charge in [-0.3, -0.25) is 20.2 Å². The van der Waals surface area contributed by atoms with Crippen LogP contribution in [0.25, 0.3) is 0 Å². The monoisotopic (exact) mass is 297 g/mol. The van der Waals surface area contributed by atoms with E-state index in [1.807, 2.05) is 0 Å². The Balaban J connectivity index is 2.17. The number of carbonyl (C=O) groups excluding carboxylic acids is 1. The molecule has 2 N–H and O–H groups in total. The maximum atomic E-state index is 11.9. The predicted octanol–water partition coefficient (Wildman–Crippen LogP) is 1.63. The summed E-state index contributed by atoms with van der Waals surface area (Å²) in [6.45, 7) is 0. The van der Waals surface area contributed by atoms with Gasteiger partial charge >= 0.3 is 6.01 Å². The molecule has 2 rings (SSSR count). The summed E-state index contributed by atoms with van der Waals surface area (Å²) in [5.41, 5.74) is -0.125. The minimum absolute atomic E-state index is 0.0713. The summed E-state index contributed by atoms with van der Waals surface area (Å²) in [4.78, 5) is 25.7. The van der Waals surface area contributed by atoms with E-state index in [-0.39, 0.29) is 28.2 Å². The fourth-order valence-electron chi connectivity index (χ4n) is 1.37. The van der Waals surface area contributed by atoms with Gasteiger partial charge in [0.2, 0.25) is 5.95 Å². The Morgan fingerprint density at radius 1 is 1.55 bits per heavy atom. The van der Waals surface area contributed by atoms with Crippen LogP contribution in [0, 0.1) is 10.1 Å². The van der Waals surface area contributed by atoms with E-state index in [0.717, 1.165) is 6.07 Å². The van der Waals surface area contributed by atoms with Crippen molar-refractivity contribution in [3.63, 3.8) is 0 Å². The van der Waals surface area contributed by atoms with E-state index >= 15 is 0 Å². The van der Waals surface area contributed by atoms with Crippen LogP contribution in [0.2, 0.25) is 5.02 Å². The molecule has 1 amide bonds. The van der Waals surface area contributed by atoms with E-state index in [0.29, 0.717) is 0 Å². The minimum atomic E-state index is -0.634. The number of nitro benzene ring substituents is 1. The number of amides is 1. The molecule has 0 spiro atoms. The highest BCUT2D eigenvalue weighted by atomic mass is 35.5. The quantitative estimate of drug-likeness (QED) is 0.653. The number of aromatic nitrogens is 3. The number of hydrogen-bond donors (Lipinski definition) is 2. The first-order valence-electron chi connectivity index (χ1n) is 5.23. The zero-order chi connectivity index (χ0) is 14.7. The number of benzene rings is 1. The summed E-state index contributed by atoms with van der Waals surface area (Å²) in [6, 6.07) is 3.70. The molecule has 0 saturated carbocycles. The van der Waals surface area contributed by atoms with Gasteiger partial charge in [0.1, 0.15) is 5.02 Å². The molecule has 0 aliphatic rings. The van der Waals surface area contributed by atoms with Gasteiger partial charge in [-0.1, -0.05) is 11.6 Å². The van der Waals surface area contributed by atoms with Crippen molar-refractivity contribution in [1.29, 1.82) is 0 Å². The van der Waals surface area contributed by atoms with Gasteiger partial charge in [-0.2, -0.15) is 4.98 Å². The molecule has 0 atom stereocenters.